The largest absolute Gasteiger partial charge is 0.381 e. The summed E-state index contributed by atoms with van der Waals surface area (Å²) in [4.78, 5) is 14.4. The summed E-state index contributed by atoms with van der Waals surface area (Å²) in [5, 5.41) is 4.47. The molecule has 0 spiro atoms. The van der Waals surface area contributed by atoms with Crippen LogP contribution >= 0.6 is 0 Å². The second-order valence-corrected chi connectivity index (χ2v) is 6.38. The average Bonchev–Trinajstić information content (AvgIpc) is 3.30. The minimum atomic E-state index is 0.243. The molecule has 1 amide bonds. The monoisotopic (exact) mass is 311 g/mol. The highest BCUT2D eigenvalue weighted by atomic mass is 16.5. The Morgan fingerprint density at radius 1 is 1.26 bits per heavy atom. The summed E-state index contributed by atoms with van der Waals surface area (Å²) in [6.45, 7) is 3.00. The van der Waals surface area contributed by atoms with Crippen LogP contribution in [0.4, 0.5) is 0 Å². The molecular formula is C18H21N3O2. The van der Waals surface area contributed by atoms with Crippen LogP contribution < -0.4 is 0 Å². The Bertz CT molecular complexity index is 690. The lowest BCUT2D eigenvalue weighted by molar-refractivity contribution is -0.132. The third kappa shape index (κ3) is 2.88. The average molecular weight is 311 g/mol. The Labute approximate surface area is 135 Å². The second-order valence-electron chi connectivity index (χ2n) is 6.38. The summed E-state index contributed by atoms with van der Waals surface area (Å²) in [7, 11) is 0. The first-order valence-corrected chi connectivity index (χ1v) is 8.28. The minimum Gasteiger partial charge on any atom is -0.381 e. The number of carbonyl (C=O) groups is 1. The first-order chi connectivity index (χ1) is 11.3. The van der Waals surface area contributed by atoms with Gasteiger partial charge in [-0.2, -0.15) is 5.10 Å². The molecule has 0 radical (unpaired) electrons. The number of para-hydroxylation sites is 1. The van der Waals surface area contributed by atoms with Gasteiger partial charge in [-0.15, -0.1) is 0 Å². The normalized spacial score (nSPS) is 20.0. The molecule has 2 aliphatic rings. The van der Waals surface area contributed by atoms with Crippen molar-refractivity contribution in [3.8, 4) is 5.69 Å². The number of amides is 1. The summed E-state index contributed by atoms with van der Waals surface area (Å²) >= 11 is 0. The summed E-state index contributed by atoms with van der Waals surface area (Å²) < 4.78 is 7.33. The zero-order valence-corrected chi connectivity index (χ0v) is 13.1. The molecule has 5 heteroatoms. The number of hydrogen-bond acceptors (Lipinski definition) is 3. The molecule has 120 valence electrons. The van der Waals surface area contributed by atoms with Gasteiger partial charge >= 0.3 is 0 Å². The van der Waals surface area contributed by atoms with E-state index in [-0.39, 0.29) is 5.91 Å². The predicted molar refractivity (Wildman–Crippen MR) is 86.0 cm³/mol. The highest BCUT2D eigenvalue weighted by Crippen LogP contribution is 2.26. The van der Waals surface area contributed by atoms with Gasteiger partial charge in [-0.05, 0) is 30.9 Å². The van der Waals surface area contributed by atoms with E-state index in [2.05, 4.69) is 5.10 Å². The first kappa shape index (κ1) is 14.5. The topological polar surface area (TPSA) is 47.4 Å². The lowest BCUT2D eigenvalue weighted by Crippen LogP contribution is -2.26. The minimum absolute atomic E-state index is 0.243. The number of fused-ring (bicyclic) bond motifs is 1. The molecule has 3 heterocycles. The van der Waals surface area contributed by atoms with Gasteiger partial charge in [-0.1, -0.05) is 18.2 Å². The first-order valence-electron chi connectivity index (χ1n) is 8.28. The van der Waals surface area contributed by atoms with Crippen molar-refractivity contribution in [2.45, 2.75) is 32.4 Å². The van der Waals surface area contributed by atoms with E-state index in [1.807, 2.05) is 46.1 Å². The lowest BCUT2D eigenvalue weighted by atomic mass is 10.0. The fourth-order valence-electron chi connectivity index (χ4n) is 3.42. The van der Waals surface area contributed by atoms with Crippen LogP contribution in [-0.2, 0) is 22.6 Å². The van der Waals surface area contributed by atoms with Crippen molar-refractivity contribution in [3.63, 3.8) is 0 Å². The van der Waals surface area contributed by atoms with Gasteiger partial charge in [0, 0.05) is 31.7 Å². The lowest BCUT2D eigenvalue weighted by Gasteiger charge is -2.17. The second kappa shape index (κ2) is 6.16. The number of hydrogen-bond donors (Lipinski definition) is 0. The number of ether oxygens (including phenoxy) is 1. The zero-order valence-electron chi connectivity index (χ0n) is 13.1. The molecule has 1 aromatic carbocycles. The van der Waals surface area contributed by atoms with Crippen LogP contribution in [0.5, 0.6) is 0 Å². The molecule has 0 N–H and O–H groups in total. The molecule has 1 aromatic heterocycles. The molecule has 2 aromatic rings. The molecule has 23 heavy (non-hydrogen) atoms. The number of rotatable bonds is 4. The summed E-state index contributed by atoms with van der Waals surface area (Å²) in [6.07, 6.45) is 4.55. The summed E-state index contributed by atoms with van der Waals surface area (Å²) in [6, 6.07) is 10.1. The molecule has 0 unspecified atom stereocenters. The molecule has 0 bridgehead atoms. The maximum atomic E-state index is 12.5. The Kier molecular flexibility index (Phi) is 3.87. The molecule has 1 saturated heterocycles. The number of benzene rings is 1. The maximum Gasteiger partial charge on any atom is 0.223 e. The van der Waals surface area contributed by atoms with E-state index >= 15 is 0 Å². The predicted octanol–water partition coefficient (Wildman–Crippen LogP) is 2.53. The van der Waals surface area contributed by atoms with Crippen LogP contribution in [0.1, 0.15) is 30.5 Å². The molecular weight excluding hydrogens is 290 g/mol. The van der Waals surface area contributed by atoms with Crippen LogP contribution in [0.3, 0.4) is 0 Å². The van der Waals surface area contributed by atoms with Gasteiger partial charge in [0.2, 0.25) is 5.91 Å². The van der Waals surface area contributed by atoms with Gasteiger partial charge in [0.15, 0.2) is 0 Å². The highest BCUT2D eigenvalue weighted by Gasteiger charge is 2.28. The Balaban J connectivity index is 1.42. The van der Waals surface area contributed by atoms with Gasteiger partial charge in [0.25, 0.3) is 0 Å². The van der Waals surface area contributed by atoms with Crippen LogP contribution in [0, 0.1) is 5.92 Å². The van der Waals surface area contributed by atoms with E-state index in [0.29, 0.717) is 25.4 Å². The Morgan fingerprint density at radius 3 is 2.91 bits per heavy atom. The Morgan fingerprint density at radius 2 is 2.13 bits per heavy atom. The van der Waals surface area contributed by atoms with Crippen molar-refractivity contribution in [3.05, 3.63) is 47.8 Å². The van der Waals surface area contributed by atoms with E-state index < -0.39 is 0 Å². The summed E-state index contributed by atoms with van der Waals surface area (Å²) in [5.74, 6) is 0.802. The SMILES string of the molecule is O=C(CC[C@H]1CCOC1)N1Cc2cnn(-c3ccccc3)c2C1. The number of nitrogens with zero attached hydrogens (tertiary/aromatic N) is 3. The molecule has 2 aliphatic heterocycles. The summed E-state index contributed by atoms with van der Waals surface area (Å²) in [5.41, 5.74) is 3.34. The number of carbonyl (C=O) groups excluding carboxylic acids is 1. The molecule has 1 atom stereocenters. The van der Waals surface area contributed by atoms with E-state index in [1.54, 1.807) is 0 Å². The molecule has 0 saturated carbocycles. The van der Waals surface area contributed by atoms with Crippen LogP contribution in [0.2, 0.25) is 0 Å². The standard InChI is InChI=1S/C18H21N3O2/c22-18(7-6-14-8-9-23-13-14)20-11-15-10-19-21(17(15)12-20)16-4-2-1-3-5-16/h1-5,10,14H,6-9,11-13H2/t14-/m0/s1. The van der Waals surface area contributed by atoms with Gasteiger partial charge in [-0.3, -0.25) is 4.79 Å². The quantitative estimate of drug-likeness (QED) is 0.872. The van der Waals surface area contributed by atoms with Gasteiger partial charge < -0.3 is 9.64 Å². The van der Waals surface area contributed by atoms with Crippen LogP contribution in [0.25, 0.3) is 5.69 Å². The van der Waals surface area contributed by atoms with E-state index in [0.717, 1.165) is 43.0 Å². The fourth-order valence-corrected chi connectivity index (χ4v) is 3.42. The van der Waals surface area contributed by atoms with Crippen molar-refractivity contribution >= 4 is 5.91 Å². The number of aromatic nitrogens is 2. The van der Waals surface area contributed by atoms with Crippen molar-refractivity contribution in [2.75, 3.05) is 13.2 Å². The van der Waals surface area contributed by atoms with Crippen LogP contribution in [0.15, 0.2) is 36.5 Å². The van der Waals surface area contributed by atoms with Crippen molar-refractivity contribution in [2.24, 2.45) is 5.92 Å². The third-order valence-corrected chi connectivity index (χ3v) is 4.80. The van der Waals surface area contributed by atoms with E-state index in [4.69, 9.17) is 4.74 Å². The molecule has 0 aliphatic carbocycles. The molecule has 5 nitrogen and oxygen atoms in total. The fraction of sp³-hybridized carbons (Fsp3) is 0.444. The zero-order chi connectivity index (χ0) is 15.6. The van der Waals surface area contributed by atoms with E-state index in [1.165, 1.54) is 0 Å². The molecule has 1 fully saturated rings. The van der Waals surface area contributed by atoms with Gasteiger partial charge in [0.1, 0.15) is 0 Å². The van der Waals surface area contributed by atoms with Crippen molar-refractivity contribution in [1.29, 1.82) is 0 Å². The van der Waals surface area contributed by atoms with Crippen molar-refractivity contribution < 1.29 is 9.53 Å². The Hall–Kier alpha value is -2.14. The van der Waals surface area contributed by atoms with Gasteiger partial charge in [-0.25, -0.2) is 4.68 Å². The molecule has 4 rings (SSSR count). The maximum absolute atomic E-state index is 12.5. The van der Waals surface area contributed by atoms with E-state index in [9.17, 15) is 4.79 Å². The van der Waals surface area contributed by atoms with Crippen molar-refractivity contribution in [1.82, 2.24) is 14.7 Å². The third-order valence-electron chi connectivity index (χ3n) is 4.80. The van der Waals surface area contributed by atoms with Crippen LogP contribution in [-0.4, -0.2) is 33.8 Å². The smallest absolute Gasteiger partial charge is 0.223 e. The highest BCUT2D eigenvalue weighted by molar-refractivity contribution is 5.76. The van der Waals surface area contributed by atoms with Gasteiger partial charge in [0.05, 0.1) is 24.1 Å².